The number of nitrogens with one attached hydrogen (secondary N) is 1. The zero-order chi connectivity index (χ0) is 36.6. The molecule has 0 aromatic heterocycles. The molecule has 1 unspecified atom stereocenters. The van der Waals surface area contributed by atoms with Crippen LogP contribution in [0, 0.1) is 5.41 Å². The highest BCUT2D eigenvalue weighted by Gasteiger charge is 2.59. The number of nitrogens with zero attached hydrogens (tertiary/aromatic N) is 3. The molecule has 270 valence electrons. The van der Waals surface area contributed by atoms with Crippen LogP contribution in [0.1, 0.15) is 23.7 Å². The minimum Gasteiger partial charge on any atom is -0.507 e. The summed E-state index contributed by atoms with van der Waals surface area (Å²) in [5.41, 5.74) is -1.77. The molecule has 6 rings (SSSR count). The van der Waals surface area contributed by atoms with Crippen LogP contribution < -0.4 is 18.9 Å². The fourth-order valence-electron chi connectivity index (χ4n) is 6.00. The van der Waals surface area contributed by atoms with Gasteiger partial charge in [-0.3, -0.25) is 10.4 Å². The maximum atomic E-state index is 12.2. The van der Waals surface area contributed by atoms with Gasteiger partial charge in [-0.1, -0.05) is 12.1 Å². The van der Waals surface area contributed by atoms with Gasteiger partial charge < -0.3 is 64.5 Å². The van der Waals surface area contributed by atoms with Gasteiger partial charge in [-0.25, -0.2) is 14.8 Å². The van der Waals surface area contributed by atoms with E-state index in [0.29, 0.717) is 5.56 Å². The van der Waals surface area contributed by atoms with E-state index < -0.39 is 79.0 Å². The summed E-state index contributed by atoms with van der Waals surface area (Å²) in [6.45, 7) is -0.496. The van der Waals surface area contributed by atoms with Crippen molar-refractivity contribution in [3.8, 4) is 28.7 Å². The minimum absolute atomic E-state index is 0.0404. The highest BCUT2D eigenvalue weighted by atomic mass is 16.7. The first-order chi connectivity index (χ1) is 24.3. The number of aliphatic hydroxyl groups is 6. The van der Waals surface area contributed by atoms with Gasteiger partial charge in [-0.15, -0.1) is 0 Å². The average Bonchev–Trinajstić information content (AvgIpc) is 3.78. The van der Waals surface area contributed by atoms with Crippen LogP contribution in [0.5, 0.6) is 28.7 Å². The molecule has 18 heteroatoms. The van der Waals surface area contributed by atoms with Crippen molar-refractivity contribution in [3.05, 3.63) is 59.7 Å². The lowest BCUT2D eigenvalue weighted by atomic mass is 9.80. The lowest BCUT2D eigenvalue weighted by molar-refractivity contribution is -0.303. The molecule has 4 aliphatic heterocycles. The third-order valence-electron chi connectivity index (χ3n) is 8.59. The number of fused-ring (bicyclic) bond motifs is 1. The molecular weight excluding hydrogens is 676 g/mol. The number of hydrogen-bond donors (Lipinski definition) is 9. The average molecular weight is 711 g/mol. The molecule has 4 heterocycles. The Labute approximate surface area is 288 Å². The van der Waals surface area contributed by atoms with E-state index in [1.54, 1.807) is 12.1 Å². The van der Waals surface area contributed by atoms with Gasteiger partial charge in [0, 0.05) is 24.3 Å². The fraction of sp³-hybridized carbons (Fsp3) is 0.364. The standard InChI is InChI=1S/C33H34N4O14/c1-47-28-21(50-32-27(42)29(43)33(46,30(51-32)31(44)45)10-15-11-35-13-36-15)9-20-24(26(28)41)18(39)8-19(49-20)14-2-4-16(5-3-14)48-22(12-38)25(40)17-6-7-23(34)37-17/h2-9,13,19,22,25,27,29-30,32,34,38-43,46H,10-12H2,1H3,(H,44,45)/t19?,22-,25-,27-,29+,30-,32-,33+/m1/s1. The minimum atomic E-state index is -2.51. The maximum absolute atomic E-state index is 12.2. The fourth-order valence-corrected chi connectivity index (χ4v) is 6.00. The monoisotopic (exact) mass is 710 g/mol. The second-order valence-corrected chi connectivity index (χ2v) is 11.9. The largest absolute Gasteiger partial charge is 0.507 e. The van der Waals surface area contributed by atoms with Crippen molar-refractivity contribution < 1.29 is 69.3 Å². The number of aliphatic hydroxyl groups excluding tert-OH is 5. The molecule has 0 spiro atoms. The molecule has 2 aromatic carbocycles. The van der Waals surface area contributed by atoms with Gasteiger partial charge in [0.2, 0.25) is 12.0 Å². The first-order valence-electron chi connectivity index (χ1n) is 15.4. The van der Waals surface area contributed by atoms with E-state index in [1.807, 2.05) is 0 Å². The van der Waals surface area contributed by atoms with Gasteiger partial charge in [0.1, 0.15) is 65.0 Å². The first kappa shape index (κ1) is 35.5. The zero-order valence-corrected chi connectivity index (χ0v) is 26.7. The molecule has 9 N–H and O–H groups in total. The Hall–Kier alpha value is -5.37. The number of carboxylic acid groups (broad SMARTS) is 1. The first-order valence-corrected chi connectivity index (χ1v) is 15.4. The van der Waals surface area contributed by atoms with E-state index in [0.717, 1.165) is 0 Å². The summed E-state index contributed by atoms with van der Waals surface area (Å²) in [6, 6.07) is 7.43. The molecule has 51 heavy (non-hydrogen) atoms. The van der Waals surface area contributed by atoms with E-state index in [2.05, 4.69) is 15.0 Å². The molecule has 1 saturated heterocycles. The van der Waals surface area contributed by atoms with Gasteiger partial charge in [-0.2, -0.15) is 0 Å². The Kier molecular flexibility index (Phi) is 9.80. The van der Waals surface area contributed by atoms with Gasteiger partial charge in [0.25, 0.3) is 0 Å². The number of phenolic OH excluding ortho intramolecular Hbond substituents is 1. The van der Waals surface area contributed by atoms with Gasteiger partial charge >= 0.3 is 5.97 Å². The summed E-state index contributed by atoms with van der Waals surface area (Å²) in [7, 11) is 1.17. The Morgan fingerprint density at radius 2 is 1.92 bits per heavy atom. The van der Waals surface area contributed by atoms with Crippen molar-refractivity contribution in [2.75, 3.05) is 20.3 Å². The second-order valence-electron chi connectivity index (χ2n) is 11.9. The maximum Gasteiger partial charge on any atom is 0.336 e. The Morgan fingerprint density at radius 1 is 1.18 bits per heavy atom. The number of ether oxygens (including phenoxy) is 5. The number of amidine groups is 1. The highest BCUT2D eigenvalue weighted by molar-refractivity contribution is 6.15. The van der Waals surface area contributed by atoms with Crippen molar-refractivity contribution in [2.45, 2.75) is 54.9 Å². The van der Waals surface area contributed by atoms with Crippen LogP contribution in [0.25, 0.3) is 5.76 Å². The van der Waals surface area contributed by atoms with Crippen LogP contribution in [0.4, 0.5) is 0 Å². The number of aromatic hydroxyl groups is 1. The third kappa shape index (κ3) is 6.75. The molecule has 18 nitrogen and oxygen atoms in total. The predicted molar refractivity (Wildman–Crippen MR) is 176 cm³/mol. The van der Waals surface area contributed by atoms with Crippen molar-refractivity contribution in [2.24, 2.45) is 15.0 Å². The van der Waals surface area contributed by atoms with Crippen molar-refractivity contribution in [1.82, 2.24) is 0 Å². The van der Waals surface area contributed by atoms with E-state index in [4.69, 9.17) is 29.1 Å². The topological polar surface area (TPSA) is 286 Å². The third-order valence-corrected chi connectivity index (χ3v) is 8.59. The number of benzene rings is 2. The van der Waals surface area contributed by atoms with E-state index >= 15 is 0 Å². The summed E-state index contributed by atoms with van der Waals surface area (Å²) in [5, 5.41) is 92.9. The molecule has 0 radical (unpaired) electrons. The van der Waals surface area contributed by atoms with Gasteiger partial charge in [0.05, 0.1) is 26.0 Å². The number of rotatable bonds is 12. The molecule has 8 atom stereocenters. The molecule has 0 bridgehead atoms. The summed E-state index contributed by atoms with van der Waals surface area (Å²) in [6.07, 6.45) is -6.56. The number of methoxy groups -OCH3 is 1. The van der Waals surface area contributed by atoms with E-state index in [-0.39, 0.29) is 52.4 Å². The zero-order valence-electron chi connectivity index (χ0n) is 26.7. The number of hydrogen-bond acceptors (Lipinski definition) is 16. The second kappa shape index (κ2) is 14.1. The van der Waals surface area contributed by atoms with Crippen LogP contribution >= 0.6 is 0 Å². The lowest BCUT2D eigenvalue weighted by Gasteiger charge is -2.46. The normalized spacial score (nSPS) is 27.8. The Bertz CT molecular complexity index is 1860. The number of aliphatic imine (C=N–C) groups is 3. The smallest absolute Gasteiger partial charge is 0.336 e. The van der Waals surface area contributed by atoms with E-state index in [1.165, 1.54) is 49.9 Å². The quantitative estimate of drug-likeness (QED) is 0.141. The van der Waals surface area contributed by atoms with Crippen LogP contribution in [0.15, 0.2) is 63.5 Å². The lowest BCUT2D eigenvalue weighted by Crippen LogP contribution is -2.69. The molecule has 0 saturated carbocycles. The van der Waals surface area contributed by atoms with E-state index in [9.17, 15) is 45.6 Å². The Balaban J connectivity index is 1.21. The summed E-state index contributed by atoms with van der Waals surface area (Å²) < 4.78 is 28.3. The molecule has 0 aliphatic carbocycles. The molecule has 0 amide bonds. The summed E-state index contributed by atoms with van der Waals surface area (Å²) >= 11 is 0. The van der Waals surface area contributed by atoms with Gasteiger partial charge in [0.15, 0.2) is 23.7 Å². The molecule has 2 aromatic rings. The van der Waals surface area contributed by atoms with Crippen LogP contribution in [-0.4, -0.2) is 133 Å². The van der Waals surface area contributed by atoms with Crippen LogP contribution in [-0.2, 0) is 9.53 Å². The summed E-state index contributed by atoms with van der Waals surface area (Å²) in [4.78, 5) is 23.9. The highest BCUT2D eigenvalue weighted by Crippen LogP contribution is 2.51. The van der Waals surface area contributed by atoms with Crippen LogP contribution in [0.2, 0.25) is 0 Å². The number of phenols is 1. The predicted octanol–water partition coefficient (Wildman–Crippen LogP) is 0.0363. The number of carbonyl (C=O) groups is 1. The van der Waals surface area contributed by atoms with Crippen molar-refractivity contribution in [3.63, 3.8) is 0 Å². The molecular formula is C33H34N4O14. The van der Waals surface area contributed by atoms with Crippen molar-refractivity contribution >= 4 is 35.3 Å². The molecule has 4 aliphatic rings. The van der Waals surface area contributed by atoms with Gasteiger partial charge in [-0.05, 0) is 29.8 Å². The Morgan fingerprint density at radius 3 is 2.53 bits per heavy atom. The number of carboxylic acids is 1. The van der Waals surface area contributed by atoms with Crippen LogP contribution in [0.3, 0.4) is 0 Å². The SMILES string of the molecule is COc1c(O[C@@H]2O[C@H](C(=O)O)[C@](O)(CC3=NC=NC3)[C@@H](O)[C@H]2O)cc2c(c1O)C(O)=CC(c1ccc(O[C@H](CO)[C@H](O)C3=NC(=N)C=C3)cc1)O2. The van der Waals surface area contributed by atoms with Crippen molar-refractivity contribution in [1.29, 1.82) is 5.41 Å². The number of aliphatic carboxylic acids is 1. The molecule has 1 fully saturated rings. The summed E-state index contributed by atoms with van der Waals surface area (Å²) in [5.74, 6) is -3.29.